The van der Waals surface area contributed by atoms with Crippen LogP contribution >= 0.6 is 8.69 Å². The van der Waals surface area contributed by atoms with Gasteiger partial charge in [0.15, 0.2) is 0 Å². The first kappa shape index (κ1) is 15.3. The molecule has 0 saturated carbocycles. The van der Waals surface area contributed by atoms with Gasteiger partial charge in [0, 0.05) is 0 Å². The van der Waals surface area contributed by atoms with Gasteiger partial charge in [-0.2, -0.15) is 0 Å². The van der Waals surface area contributed by atoms with E-state index in [1.807, 2.05) is 0 Å². The van der Waals surface area contributed by atoms with Crippen LogP contribution < -0.4 is 0 Å². The second-order valence-electron chi connectivity index (χ2n) is 5.92. The van der Waals surface area contributed by atoms with E-state index in [0.717, 1.165) is 19.3 Å². The van der Waals surface area contributed by atoms with Gasteiger partial charge in [-0.15, -0.1) is 0 Å². The van der Waals surface area contributed by atoms with E-state index in [1.165, 1.54) is 5.56 Å². The number of rotatable bonds is 7. The Morgan fingerprint density at radius 2 is 1.89 bits per heavy atom. The lowest BCUT2D eigenvalue weighted by atomic mass is 9.79. The molecule has 1 rings (SSSR count). The summed E-state index contributed by atoms with van der Waals surface area (Å²) in [5.41, 5.74) is 1.71. The van der Waals surface area contributed by atoms with E-state index in [-0.39, 0.29) is 8.69 Å². The zero-order chi connectivity index (χ0) is 13.4. The van der Waals surface area contributed by atoms with E-state index in [4.69, 9.17) is 4.52 Å². The van der Waals surface area contributed by atoms with Gasteiger partial charge in [0.25, 0.3) is 0 Å². The molecule has 0 aliphatic carbocycles. The number of benzene rings is 1. The van der Waals surface area contributed by atoms with Crippen molar-refractivity contribution in [3.05, 3.63) is 35.9 Å². The molecule has 3 heteroatoms. The smallest absolute Gasteiger partial charge is 0.294 e. The SMILES string of the molecule is CC(C)(C)CC(CCCOP=O)c1ccccc1. The van der Waals surface area contributed by atoms with Gasteiger partial charge in [0.1, 0.15) is 0 Å². The fraction of sp³-hybridized carbons (Fsp3) is 0.600. The Kier molecular flexibility index (Phi) is 6.52. The summed E-state index contributed by atoms with van der Waals surface area (Å²) in [6, 6.07) is 10.6. The molecule has 0 radical (unpaired) electrons. The molecule has 100 valence electrons. The second-order valence-corrected chi connectivity index (χ2v) is 6.33. The largest absolute Gasteiger partial charge is 0.327 e. The highest BCUT2D eigenvalue weighted by Gasteiger charge is 2.19. The van der Waals surface area contributed by atoms with Crippen molar-refractivity contribution >= 4 is 8.69 Å². The van der Waals surface area contributed by atoms with Crippen molar-refractivity contribution in [3.8, 4) is 0 Å². The van der Waals surface area contributed by atoms with Crippen LogP contribution in [0.3, 0.4) is 0 Å². The van der Waals surface area contributed by atoms with Crippen LogP contribution in [0.2, 0.25) is 0 Å². The minimum absolute atomic E-state index is 0.210. The summed E-state index contributed by atoms with van der Waals surface area (Å²) >= 11 is 0. The fourth-order valence-electron chi connectivity index (χ4n) is 2.28. The fourth-order valence-corrected chi connectivity index (χ4v) is 2.49. The molecule has 0 heterocycles. The molecule has 0 bridgehead atoms. The van der Waals surface area contributed by atoms with Gasteiger partial charge in [-0.3, -0.25) is 4.52 Å². The van der Waals surface area contributed by atoms with Crippen molar-refractivity contribution < 1.29 is 9.09 Å². The molecule has 0 aliphatic heterocycles. The van der Waals surface area contributed by atoms with Crippen LogP contribution in [0.4, 0.5) is 0 Å². The van der Waals surface area contributed by atoms with Crippen molar-refractivity contribution in [2.75, 3.05) is 6.61 Å². The van der Waals surface area contributed by atoms with Gasteiger partial charge >= 0.3 is 8.69 Å². The van der Waals surface area contributed by atoms with Crippen LogP contribution in [0.25, 0.3) is 0 Å². The zero-order valence-corrected chi connectivity index (χ0v) is 12.5. The molecule has 1 unspecified atom stereocenters. The molecule has 0 aliphatic rings. The van der Waals surface area contributed by atoms with E-state index in [9.17, 15) is 4.57 Å². The summed E-state index contributed by atoms with van der Waals surface area (Å²) in [7, 11) is -0.210. The summed E-state index contributed by atoms with van der Waals surface area (Å²) in [5, 5.41) is 0. The Bertz CT molecular complexity index is 343. The van der Waals surface area contributed by atoms with E-state index in [1.54, 1.807) is 0 Å². The molecule has 0 fully saturated rings. The van der Waals surface area contributed by atoms with Crippen LogP contribution in [0.15, 0.2) is 30.3 Å². The summed E-state index contributed by atoms with van der Waals surface area (Å²) in [5.74, 6) is 0.554. The quantitative estimate of drug-likeness (QED) is 0.500. The van der Waals surface area contributed by atoms with E-state index < -0.39 is 0 Å². The monoisotopic (exact) mass is 266 g/mol. The lowest BCUT2D eigenvalue weighted by Crippen LogP contribution is -2.12. The van der Waals surface area contributed by atoms with Gasteiger partial charge in [-0.1, -0.05) is 51.1 Å². The molecule has 18 heavy (non-hydrogen) atoms. The molecule has 1 atom stereocenters. The molecule has 1 aromatic carbocycles. The molecule has 0 spiro atoms. The Balaban J connectivity index is 2.61. The third-order valence-electron chi connectivity index (χ3n) is 2.97. The summed E-state index contributed by atoms with van der Waals surface area (Å²) < 4.78 is 15.1. The van der Waals surface area contributed by atoms with Crippen LogP contribution in [0.5, 0.6) is 0 Å². The average Bonchev–Trinajstić information content (AvgIpc) is 2.33. The molecular formula is C15H23O2P. The Morgan fingerprint density at radius 1 is 1.22 bits per heavy atom. The Hall–Kier alpha value is -0.720. The summed E-state index contributed by atoms with van der Waals surface area (Å²) in [6.45, 7) is 7.39. The third-order valence-corrected chi connectivity index (χ3v) is 3.26. The van der Waals surface area contributed by atoms with Crippen LogP contribution in [-0.2, 0) is 9.09 Å². The van der Waals surface area contributed by atoms with Gasteiger partial charge < -0.3 is 0 Å². The maximum Gasteiger partial charge on any atom is 0.327 e. The Morgan fingerprint density at radius 3 is 2.44 bits per heavy atom. The number of hydrogen-bond acceptors (Lipinski definition) is 2. The number of hydrogen-bond donors (Lipinski definition) is 0. The zero-order valence-electron chi connectivity index (χ0n) is 11.6. The first-order valence-corrected chi connectivity index (χ1v) is 7.25. The minimum atomic E-state index is -0.210. The summed E-state index contributed by atoms with van der Waals surface area (Å²) in [6.07, 6.45) is 3.19. The Labute approximate surface area is 112 Å². The highest BCUT2D eigenvalue weighted by atomic mass is 31.1. The topological polar surface area (TPSA) is 26.3 Å². The predicted octanol–water partition coefficient (Wildman–Crippen LogP) is 5.21. The molecule has 1 aromatic rings. The van der Waals surface area contributed by atoms with E-state index >= 15 is 0 Å². The minimum Gasteiger partial charge on any atom is -0.294 e. The van der Waals surface area contributed by atoms with Gasteiger partial charge in [-0.05, 0) is 36.2 Å². The van der Waals surface area contributed by atoms with Crippen LogP contribution in [0.1, 0.15) is 51.5 Å². The highest BCUT2D eigenvalue weighted by Crippen LogP contribution is 2.34. The van der Waals surface area contributed by atoms with Crippen molar-refractivity contribution in [3.63, 3.8) is 0 Å². The maximum atomic E-state index is 10.2. The van der Waals surface area contributed by atoms with Crippen molar-refractivity contribution in [1.29, 1.82) is 0 Å². The normalized spacial score (nSPS) is 13.7. The average molecular weight is 266 g/mol. The second kappa shape index (κ2) is 7.66. The van der Waals surface area contributed by atoms with Crippen LogP contribution in [-0.4, -0.2) is 6.61 Å². The molecular weight excluding hydrogens is 243 g/mol. The first-order chi connectivity index (χ1) is 8.53. The van der Waals surface area contributed by atoms with Crippen LogP contribution in [0, 0.1) is 5.41 Å². The van der Waals surface area contributed by atoms with Gasteiger partial charge in [0.05, 0.1) is 6.61 Å². The van der Waals surface area contributed by atoms with Gasteiger partial charge in [0.2, 0.25) is 0 Å². The molecule has 2 nitrogen and oxygen atoms in total. The molecule has 0 N–H and O–H groups in total. The van der Waals surface area contributed by atoms with E-state index in [2.05, 4.69) is 51.1 Å². The maximum absolute atomic E-state index is 10.2. The lowest BCUT2D eigenvalue weighted by Gasteiger charge is -2.26. The lowest BCUT2D eigenvalue weighted by molar-refractivity contribution is 0.294. The van der Waals surface area contributed by atoms with Crippen molar-refractivity contribution in [1.82, 2.24) is 0 Å². The standard InChI is InChI=1S/C15H23O2P/c1-15(2,3)12-14(10-7-11-17-18-16)13-8-5-4-6-9-13/h4-6,8-9,14H,7,10-12H2,1-3H3. The molecule has 0 aromatic heterocycles. The van der Waals surface area contributed by atoms with E-state index in [0.29, 0.717) is 17.9 Å². The molecule has 0 saturated heterocycles. The summed E-state index contributed by atoms with van der Waals surface area (Å²) in [4.78, 5) is 0. The van der Waals surface area contributed by atoms with Gasteiger partial charge in [-0.25, -0.2) is 4.57 Å². The third kappa shape index (κ3) is 6.28. The first-order valence-electron chi connectivity index (χ1n) is 6.52. The van der Waals surface area contributed by atoms with Crippen molar-refractivity contribution in [2.24, 2.45) is 5.41 Å². The molecule has 0 amide bonds. The van der Waals surface area contributed by atoms with Crippen molar-refractivity contribution in [2.45, 2.75) is 46.0 Å². The predicted molar refractivity (Wildman–Crippen MR) is 76.0 cm³/mol. The highest BCUT2D eigenvalue weighted by molar-refractivity contribution is 7.17.